The number of thiophene rings is 1. The number of hydrogen-bond donors (Lipinski definition) is 1. The van der Waals surface area contributed by atoms with Crippen LogP contribution in [0.15, 0.2) is 46.3 Å². The maximum absolute atomic E-state index is 13.4. The first kappa shape index (κ1) is 28.6. The first-order valence-electron chi connectivity index (χ1n) is 13.6. The normalized spacial score (nSPS) is 21.1. The average molecular weight is 609 g/mol. The molecule has 1 N–H and O–H groups in total. The summed E-state index contributed by atoms with van der Waals surface area (Å²) in [4.78, 5) is 32.2. The Morgan fingerprint density at radius 1 is 1.05 bits per heavy atom. The second-order valence-electron chi connectivity index (χ2n) is 10.9. The van der Waals surface area contributed by atoms with Crippen LogP contribution in [0.3, 0.4) is 0 Å². The molecule has 1 aromatic carbocycles. The highest BCUT2D eigenvalue weighted by atomic mass is 79.9. The Balaban J connectivity index is 0.00000320. The van der Waals surface area contributed by atoms with Crippen LogP contribution in [0.5, 0.6) is 0 Å². The van der Waals surface area contributed by atoms with Crippen LogP contribution >= 0.6 is 39.7 Å². The van der Waals surface area contributed by atoms with Gasteiger partial charge in [0.1, 0.15) is 0 Å². The Morgan fingerprint density at radius 3 is 2.43 bits per heavy atom. The lowest BCUT2D eigenvalue weighted by molar-refractivity contribution is -0.139. The topological polar surface area (TPSA) is 52.7 Å². The average Bonchev–Trinajstić information content (AvgIpc) is 3.55. The fraction of sp³-hybridized carbons (Fsp3) is 0.586. The molecule has 5 nitrogen and oxygen atoms in total. The standard InChI is InChI=1S/C29H38BrN3O2S.ClH/c30-24-10-8-22(9-11-24)21-33-19-15-29(28(33)35)13-17-32(18-14-29)16-12-25(26-7-4-20-36-26)31-27(34)23-5-2-1-3-6-23;/h4,7-11,20,23,25H,1-3,5-6,12-19,21H2,(H,31,34);1H. The Kier molecular flexibility index (Phi) is 10.1. The van der Waals surface area contributed by atoms with Crippen molar-refractivity contribution < 1.29 is 9.59 Å². The van der Waals surface area contributed by atoms with E-state index in [4.69, 9.17) is 0 Å². The van der Waals surface area contributed by atoms with E-state index in [1.165, 1.54) is 29.7 Å². The van der Waals surface area contributed by atoms with Gasteiger partial charge in [0.15, 0.2) is 0 Å². The second-order valence-corrected chi connectivity index (χ2v) is 12.8. The van der Waals surface area contributed by atoms with Crippen molar-refractivity contribution in [1.82, 2.24) is 15.1 Å². The molecule has 2 saturated heterocycles. The van der Waals surface area contributed by atoms with Crippen molar-refractivity contribution >= 4 is 51.5 Å². The Labute approximate surface area is 239 Å². The van der Waals surface area contributed by atoms with E-state index in [1.807, 2.05) is 12.1 Å². The van der Waals surface area contributed by atoms with Gasteiger partial charge in [0, 0.05) is 34.9 Å². The van der Waals surface area contributed by atoms with E-state index >= 15 is 0 Å². The molecule has 5 rings (SSSR count). The lowest BCUT2D eigenvalue weighted by Gasteiger charge is -2.38. The summed E-state index contributed by atoms with van der Waals surface area (Å²) in [6, 6.07) is 12.6. The number of halogens is 2. The van der Waals surface area contributed by atoms with Gasteiger partial charge in [0.05, 0.1) is 11.5 Å². The molecule has 1 aliphatic carbocycles. The van der Waals surface area contributed by atoms with Gasteiger partial charge >= 0.3 is 0 Å². The molecule has 3 heterocycles. The molecule has 0 radical (unpaired) electrons. The van der Waals surface area contributed by atoms with Gasteiger partial charge < -0.3 is 15.1 Å². The van der Waals surface area contributed by atoms with E-state index in [2.05, 4.69) is 60.7 Å². The summed E-state index contributed by atoms with van der Waals surface area (Å²) in [6.45, 7) is 4.46. The summed E-state index contributed by atoms with van der Waals surface area (Å²) < 4.78 is 1.07. The highest BCUT2D eigenvalue weighted by molar-refractivity contribution is 9.10. The van der Waals surface area contributed by atoms with Crippen LogP contribution in [-0.4, -0.2) is 47.8 Å². The molecule has 2 aromatic rings. The van der Waals surface area contributed by atoms with E-state index in [-0.39, 0.29) is 35.7 Å². The smallest absolute Gasteiger partial charge is 0.229 e. The maximum Gasteiger partial charge on any atom is 0.229 e. The van der Waals surface area contributed by atoms with Gasteiger partial charge in [-0.2, -0.15) is 0 Å². The molecular weight excluding hydrogens is 570 g/mol. The molecule has 0 bridgehead atoms. The number of amides is 2. The van der Waals surface area contributed by atoms with Gasteiger partial charge in [0.25, 0.3) is 0 Å². The summed E-state index contributed by atoms with van der Waals surface area (Å²) in [6.07, 6.45) is 9.48. The zero-order valence-electron chi connectivity index (χ0n) is 21.5. The molecule has 8 heteroatoms. The number of benzene rings is 1. The quantitative estimate of drug-likeness (QED) is 0.369. The first-order chi connectivity index (χ1) is 17.5. The highest BCUT2D eigenvalue weighted by Gasteiger charge is 2.47. The van der Waals surface area contributed by atoms with Crippen molar-refractivity contribution in [2.24, 2.45) is 11.3 Å². The predicted octanol–water partition coefficient (Wildman–Crippen LogP) is 6.57. The Bertz CT molecular complexity index is 1020. The van der Waals surface area contributed by atoms with Crippen LogP contribution < -0.4 is 5.32 Å². The molecular formula is C29H39BrClN3O2S. The van der Waals surface area contributed by atoms with E-state index in [1.54, 1.807) is 11.3 Å². The third-order valence-electron chi connectivity index (χ3n) is 8.61. The highest BCUT2D eigenvalue weighted by Crippen LogP contribution is 2.42. The molecule has 1 atom stereocenters. The molecule has 1 unspecified atom stereocenters. The van der Waals surface area contributed by atoms with Gasteiger partial charge in [-0.1, -0.05) is 53.4 Å². The van der Waals surface area contributed by atoms with Crippen LogP contribution in [0.4, 0.5) is 0 Å². The number of hydrogen-bond acceptors (Lipinski definition) is 4. The fourth-order valence-corrected chi connectivity index (χ4v) is 7.34. The van der Waals surface area contributed by atoms with Crippen molar-refractivity contribution in [3.05, 3.63) is 56.7 Å². The molecule has 37 heavy (non-hydrogen) atoms. The predicted molar refractivity (Wildman–Crippen MR) is 156 cm³/mol. The largest absolute Gasteiger partial charge is 0.348 e. The monoisotopic (exact) mass is 607 g/mol. The number of piperidine rings is 1. The van der Waals surface area contributed by atoms with Crippen molar-refractivity contribution in [3.63, 3.8) is 0 Å². The van der Waals surface area contributed by atoms with Crippen molar-refractivity contribution in [3.8, 4) is 0 Å². The van der Waals surface area contributed by atoms with E-state index in [0.717, 1.165) is 69.2 Å². The molecule has 3 fully saturated rings. The third-order valence-corrected chi connectivity index (χ3v) is 10.1. The zero-order chi connectivity index (χ0) is 25.0. The van der Waals surface area contributed by atoms with Gasteiger partial charge in [-0.3, -0.25) is 9.59 Å². The van der Waals surface area contributed by atoms with Crippen molar-refractivity contribution in [2.75, 3.05) is 26.2 Å². The van der Waals surface area contributed by atoms with Crippen LogP contribution in [0.2, 0.25) is 0 Å². The molecule has 1 spiro atoms. The molecule has 3 aliphatic rings. The molecule has 1 aromatic heterocycles. The number of nitrogens with one attached hydrogen (secondary N) is 1. The molecule has 2 aliphatic heterocycles. The summed E-state index contributed by atoms with van der Waals surface area (Å²) in [7, 11) is 0. The number of carbonyl (C=O) groups excluding carboxylic acids is 2. The lowest BCUT2D eigenvalue weighted by Crippen LogP contribution is -2.45. The van der Waals surface area contributed by atoms with Crippen LogP contribution in [0.1, 0.15) is 74.3 Å². The zero-order valence-corrected chi connectivity index (χ0v) is 24.7. The van der Waals surface area contributed by atoms with Gasteiger partial charge in [-0.15, -0.1) is 23.7 Å². The van der Waals surface area contributed by atoms with E-state index in [9.17, 15) is 9.59 Å². The minimum Gasteiger partial charge on any atom is -0.348 e. The van der Waals surface area contributed by atoms with Crippen molar-refractivity contribution in [2.45, 2.75) is 70.4 Å². The second kappa shape index (κ2) is 13.1. The Morgan fingerprint density at radius 2 is 1.76 bits per heavy atom. The number of nitrogens with zero attached hydrogens (tertiary/aromatic N) is 2. The molecule has 202 valence electrons. The maximum atomic E-state index is 13.4. The SMILES string of the molecule is Cl.O=C(NC(CCN1CCC2(CC1)CCN(Cc1ccc(Br)cc1)C2=O)c1cccs1)C1CCCCC1. The summed E-state index contributed by atoms with van der Waals surface area (Å²) in [5.41, 5.74) is 1.02. The van der Waals surface area contributed by atoms with E-state index < -0.39 is 0 Å². The minimum atomic E-state index is -0.172. The number of likely N-dealkylation sites (tertiary alicyclic amines) is 2. The van der Waals surface area contributed by atoms with Crippen molar-refractivity contribution in [1.29, 1.82) is 0 Å². The van der Waals surface area contributed by atoms with Gasteiger partial charge in [-0.25, -0.2) is 0 Å². The first-order valence-corrected chi connectivity index (χ1v) is 15.3. The van der Waals surface area contributed by atoms with Crippen LogP contribution in [-0.2, 0) is 16.1 Å². The van der Waals surface area contributed by atoms with Gasteiger partial charge in [-0.05, 0) is 80.8 Å². The molecule has 1 saturated carbocycles. The van der Waals surface area contributed by atoms with Crippen LogP contribution in [0.25, 0.3) is 0 Å². The summed E-state index contributed by atoms with van der Waals surface area (Å²) in [5, 5.41) is 5.50. The van der Waals surface area contributed by atoms with Crippen LogP contribution in [0, 0.1) is 11.3 Å². The minimum absolute atomic E-state index is 0. The summed E-state index contributed by atoms with van der Waals surface area (Å²) in [5.74, 6) is 0.777. The third kappa shape index (κ3) is 6.97. The fourth-order valence-electron chi connectivity index (χ4n) is 6.26. The number of carbonyl (C=O) groups is 2. The molecule has 2 amide bonds. The lowest BCUT2D eigenvalue weighted by atomic mass is 9.77. The number of rotatable bonds is 8. The Hall–Kier alpha value is -1.41. The van der Waals surface area contributed by atoms with E-state index in [0.29, 0.717) is 12.5 Å². The summed E-state index contributed by atoms with van der Waals surface area (Å²) >= 11 is 5.23. The van der Waals surface area contributed by atoms with Gasteiger partial charge in [0.2, 0.25) is 11.8 Å².